The molecule has 1 saturated carbocycles. The van der Waals surface area contributed by atoms with Crippen molar-refractivity contribution in [1.29, 1.82) is 0 Å². The Morgan fingerprint density at radius 1 is 1.17 bits per heavy atom. The Kier molecular flexibility index (Phi) is 4.51. The SMILES string of the molecule is CCC1CCC(N(CC)c2cccc(N)c2)CC1. The van der Waals surface area contributed by atoms with E-state index in [9.17, 15) is 0 Å². The van der Waals surface area contributed by atoms with Gasteiger partial charge in [0.2, 0.25) is 0 Å². The molecular formula is C16H26N2. The topological polar surface area (TPSA) is 29.3 Å². The van der Waals surface area contributed by atoms with Crippen molar-refractivity contribution in [1.82, 2.24) is 0 Å². The molecule has 0 radical (unpaired) electrons. The predicted molar refractivity (Wildman–Crippen MR) is 79.9 cm³/mol. The Morgan fingerprint density at radius 2 is 1.89 bits per heavy atom. The van der Waals surface area contributed by atoms with Crippen LogP contribution >= 0.6 is 0 Å². The zero-order chi connectivity index (χ0) is 13.0. The van der Waals surface area contributed by atoms with Crippen LogP contribution in [0.2, 0.25) is 0 Å². The van der Waals surface area contributed by atoms with Gasteiger partial charge in [-0.1, -0.05) is 19.4 Å². The van der Waals surface area contributed by atoms with Crippen LogP contribution in [-0.4, -0.2) is 12.6 Å². The number of hydrogen-bond acceptors (Lipinski definition) is 2. The van der Waals surface area contributed by atoms with Crippen molar-refractivity contribution in [3.05, 3.63) is 24.3 Å². The van der Waals surface area contributed by atoms with Gasteiger partial charge in [0.15, 0.2) is 0 Å². The fourth-order valence-corrected chi connectivity index (χ4v) is 3.22. The number of benzene rings is 1. The fourth-order valence-electron chi connectivity index (χ4n) is 3.22. The Morgan fingerprint density at radius 3 is 2.44 bits per heavy atom. The number of rotatable bonds is 4. The van der Waals surface area contributed by atoms with E-state index in [1.165, 1.54) is 37.8 Å². The first-order valence-corrected chi connectivity index (χ1v) is 7.36. The van der Waals surface area contributed by atoms with Gasteiger partial charge in [0.25, 0.3) is 0 Å². The molecule has 0 bridgehead atoms. The maximum atomic E-state index is 5.90. The Labute approximate surface area is 111 Å². The van der Waals surface area contributed by atoms with E-state index in [-0.39, 0.29) is 0 Å². The van der Waals surface area contributed by atoms with Gasteiger partial charge in [0, 0.05) is 24.0 Å². The maximum Gasteiger partial charge on any atom is 0.0389 e. The molecule has 0 aliphatic heterocycles. The highest BCUT2D eigenvalue weighted by atomic mass is 15.2. The van der Waals surface area contributed by atoms with Crippen LogP contribution in [0.1, 0.15) is 46.0 Å². The Hall–Kier alpha value is -1.18. The van der Waals surface area contributed by atoms with E-state index < -0.39 is 0 Å². The second kappa shape index (κ2) is 6.12. The van der Waals surface area contributed by atoms with Crippen molar-refractivity contribution in [2.45, 2.75) is 52.0 Å². The predicted octanol–water partition coefficient (Wildman–Crippen LogP) is 4.06. The molecule has 0 spiro atoms. The van der Waals surface area contributed by atoms with Gasteiger partial charge in [0.1, 0.15) is 0 Å². The lowest BCUT2D eigenvalue weighted by atomic mass is 9.84. The standard InChI is InChI=1S/C16H26N2/c1-3-13-8-10-15(11-9-13)18(4-2)16-7-5-6-14(17)12-16/h5-7,12-13,15H,3-4,8-11,17H2,1-2H3. The molecule has 2 rings (SSSR count). The monoisotopic (exact) mass is 246 g/mol. The first-order chi connectivity index (χ1) is 8.74. The smallest absolute Gasteiger partial charge is 0.0389 e. The molecule has 1 aromatic carbocycles. The number of hydrogen-bond donors (Lipinski definition) is 1. The summed E-state index contributed by atoms with van der Waals surface area (Å²) in [4.78, 5) is 2.53. The average molecular weight is 246 g/mol. The lowest BCUT2D eigenvalue weighted by molar-refractivity contribution is 0.309. The van der Waals surface area contributed by atoms with Crippen molar-refractivity contribution in [2.75, 3.05) is 17.2 Å². The van der Waals surface area contributed by atoms with Gasteiger partial charge in [-0.2, -0.15) is 0 Å². The zero-order valence-corrected chi connectivity index (χ0v) is 11.7. The van der Waals surface area contributed by atoms with Crippen LogP contribution in [0, 0.1) is 5.92 Å². The van der Waals surface area contributed by atoms with Gasteiger partial charge >= 0.3 is 0 Å². The molecule has 0 saturated heterocycles. The number of nitrogen functional groups attached to an aromatic ring is 1. The van der Waals surface area contributed by atoms with Crippen LogP contribution in [0.15, 0.2) is 24.3 Å². The fraction of sp³-hybridized carbons (Fsp3) is 0.625. The van der Waals surface area contributed by atoms with Gasteiger partial charge in [0.05, 0.1) is 0 Å². The lowest BCUT2D eigenvalue weighted by Gasteiger charge is -2.37. The van der Waals surface area contributed by atoms with Crippen molar-refractivity contribution >= 4 is 11.4 Å². The molecule has 2 N–H and O–H groups in total. The summed E-state index contributed by atoms with van der Waals surface area (Å²) in [5.41, 5.74) is 8.06. The first-order valence-electron chi connectivity index (χ1n) is 7.36. The van der Waals surface area contributed by atoms with E-state index in [0.717, 1.165) is 18.2 Å². The van der Waals surface area contributed by atoms with Crippen LogP contribution in [0.3, 0.4) is 0 Å². The molecule has 0 atom stereocenters. The van der Waals surface area contributed by atoms with E-state index in [1.54, 1.807) is 0 Å². The first kappa shape index (κ1) is 13.3. The quantitative estimate of drug-likeness (QED) is 0.812. The third-order valence-corrected chi connectivity index (χ3v) is 4.38. The van der Waals surface area contributed by atoms with Crippen LogP contribution < -0.4 is 10.6 Å². The average Bonchev–Trinajstić information content (AvgIpc) is 2.40. The van der Waals surface area contributed by atoms with Crippen molar-refractivity contribution < 1.29 is 0 Å². The lowest BCUT2D eigenvalue weighted by Crippen LogP contribution is -2.38. The van der Waals surface area contributed by atoms with Crippen LogP contribution in [-0.2, 0) is 0 Å². The highest BCUT2D eigenvalue weighted by Crippen LogP contribution is 2.32. The summed E-state index contributed by atoms with van der Waals surface area (Å²) in [6.45, 7) is 5.64. The van der Waals surface area contributed by atoms with E-state index in [2.05, 4.69) is 36.9 Å². The molecule has 2 heteroatoms. The number of nitrogens with two attached hydrogens (primary N) is 1. The zero-order valence-electron chi connectivity index (χ0n) is 11.7. The van der Waals surface area contributed by atoms with E-state index >= 15 is 0 Å². The molecule has 2 nitrogen and oxygen atoms in total. The molecule has 1 aromatic rings. The van der Waals surface area contributed by atoms with Gasteiger partial charge in [-0.25, -0.2) is 0 Å². The van der Waals surface area contributed by atoms with E-state index in [0.29, 0.717) is 6.04 Å². The van der Waals surface area contributed by atoms with Crippen molar-refractivity contribution in [3.8, 4) is 0 Å². The number of nitrogens with zero attached hydrogens (tertiary/aromatic N) is 1. The molecule has 1 aliphatic carbocycles. The van der Waals surface area contributed by atoms with Crippen LogP contribution in [0.4, 0.5) is 11.4 Å². The van der Waals surface area contributed by atoms with Crippen LogP contribution in [0.25, 0.3) is 0 Å². The minimum atomic E-state index is 0.708. The highest BCUT2D eigenvalue weighted by molar-refractivity contribution is 5.56. The summed E-state index contributed by atoms with van der Waals surface area (Å²) < 4.78 is 0. The maximum absolute atomic E-state index is 5.90. The van der Waals surface area contributed by atoms with Gasteiger partial charge in [-0.3, -0.25) is 0 Å². The summed E-state index contributed by atoms with van der Waals surface area (Å²) in [6, 6.07) is 9.02. The third kappa shape index (κ3) is 2.98. The van der Waals surface area contributed by atoms with E-state index in [4.69, 9.17) is 5.73 Å². The van der Waals surface area contributed by atoms with Crippen LogP contribution in [0.5, 0.6) is 0 Å². The molecule has 0 unspecified atom stereocenters. The summed E-state index contributed by atoms with van der Waals surface area (Å²) in [5, 5.41) is 0. The molecule has 0 amide bonds. The highest BCUT2D eigenvalue weighted by Gasteiger charge is 2.24. The molecule has 1 aliphatic rings. The minimum Gasteiger partial charge on any atom is -0.399 e. The molecular weight excluding hydrogens is 220 g/mol. The Balaban J connectivity index is 2.05. The van der Waals surface area contributed by atoms with Crippen molar-refractivity contribution in [3.63, 3.8) is 0 Å². The molecule has 1 fully saturated rings. The second-order valence-corrected chi connectivity index (χ2v) is 5.46. The second-order valence-electron chi connectivity index (χ2n) is 5.46. The largest absolute Gasteiger partial charge is 0.399 e. The summed E-state index contributed by atoms with van der Waals surface area (Å²) in [6.07, 6.45) is 6.79. The van der Waals surface area contributed by atoms with Gasteiger partial charge in [-0.15, -0.1) is 0 Å². The minimum absolute atomic E-state index is 0.708. The molecule has 0 aromatic heterocycles. The van der Waals surface area contributed by atoms with E-state index in [1.807, 2.05) is 6.07 Å². The molecule has 100 valence electrons. The summed E-state index contributed by atoms with van der Waals surface area (Å²) >= 11 is 0. The summed E-state index contributed by atoms with van der Waals surface area (Å²) in [5.74, 6) is 0.959. The van der Waals surface area contributed by atoms with Gasteiger partial charge < -0.3 is 10.6 Å². The third-order valence-electron chi connectivity index (χ3n) is 4.38. The normalized spacial score (nSPS) is 23.9. The van der Waals surface area contributed by atoms with Crippen molar-refractivity contribution in [2.24, 2.45) is 5.92 Å². The number of anilines is 2. The van der Waals surface area contributed by atoms with Gasteiger partial charge in [-0.05, 0) is 56.7 Å². The summed E-state index contributed by atoms with van der Waals surface area (Å²) in [7, 11) is 0. The molecule has 18 heavy (non-hydrogen) atoms. The molecule has 0 heterocycles. The Bertz CT molecular complexity index is 367.